The standard InChI is InChI=1S/C37H36N6O5S/c1-24-5-10-29(11-6-24)49(46,47)43-16-15-30-31(23-41(4)37(45)35(30)43)34-13-8-27-21-26(7-12-33(27)39-34)32-14-9-28(22-38-32)48-20-19-42-18-17-40(3)36(44)25(42)2/h5-16,21-23,25H,17-20H2,1-4H3/t25-/m1/s1. The van der Waals surface area contributed by atoms with Gasteiger partial charge in [-0.3, -0.25) is 19.5 Å². The summed E-state index contributed by atoms with van der Waals surface area (Å²) in [6.07, 6.45) is 4.82. The summed E-state index contributed by atoms with van der Waals surface area (Å²) in [5, 5.41) is 1.40. The summed E-state index contributed by atoms with van der Waals surface area (Å²) < 4.78 is 35.6. The van der Waals surface area contributed by atoms with E-state index in [1.54, 1.807) is 54.7 Å². The maximum atomic E-state index is 13.6. The molecule has 1 saturated heterocycles. The van der Waals surface area contributed by atoms with Crippen molar-refractivity contribution >= 4 is 37.7 Å². The first kappa shape index (κ1) is 32.2. The zero-order valence-electron chi connectivity index (χ0n) is 27.7. The number of aromatic nitrogens is 4. The van der Waals surface area contributed by atoms with Crippen LogP contribution in [0.1, 0.15) is 12.5 Å². The number of piperazine rings is 1. The number of pyridine rings is 3. The Morgan fingerprint density at radius 3 is 2.45 bits per heavy atom. The smallest absolute Gasteiger partial charge is 0.275 e. The molecule has 1 atom stereocenters. The Kier molecular flexibility index (Phi) is 8.29. The van der Waals surface area contributed by atoms with E-state index in [1.807, 2.05) is 63.4 Å². The largest absolute Gasteiger partial charge is 0.491 e. The van der Waals surface area contributed by atoms with Crippen LogP contribution in [-0.2, 0) is 21.9 Å². The number of rotatable bonds is 8. The Labute approximate surface area is 284 Å². The van der Waals surface area contributed by atoms with E-state index >= 15 is 0 Å². The molecular formula is C37H36N6O5S. The molecule has 0 bridgehead atoms. The van der Waals surface area contributed by atoms with Crippen molar-refractivity contribution in [2.24, 2.45) is 7.05 Å². The number of hydrogen-bond donors (Lipinski definition) is 0. The lowest BCUT2D eigenvalue weighted by Gasteiger charge is -2.37. The number of nitrogens with zero attached hydrogens (tertiary/aromatic N) is 6. The third-order valence-corrected chi connectivity index (χ3v) is 10.9. The predicted octanol–water partition coefficient (Wildman–Crippen LogP) is 4.70. The number of ether oxygens (including phenoxy) is 1. The molecule has 6 aromatic rings. The molecule has 49 heavy (non-hydrogen) atoms. The van der Waals surface area contributed by atoms with E-state index in [-0.39, 0.29) is 22.4 Å². The number of fused-ring (bicyclic) bond motifs is 2. The number of aryl methyl sites for hydroxylation is 2. The average Bonchev–Trinajstić information content (AvgIpc) is 3.57. The maximum Gasteiger partial charge on any atom is 0.275 e. The van der Waals surface area contributed by atoms with Crippen LogP contribution in [-0.4, -0.2) is 82.0 Å². The number of likely N-dealkylation sites (N-methyl/N-ethyl adjacent to an activating group) is 1. The molecule has 5 heterocycles. The van der Waals surface area contributed by atoms with Gasteiger partial charge in [0.15, 0.2) is 0 Å². The molecule has 250 valence electrons. The van der Waals surface area contributed by atoms with E-state index in [4.69, 9.17) is 9.72 Å². The molecule has 2 aromatic carbocycles. The second kappa shape index (κ2) is 12.6. The number of benzene rings is 2. The summed E-state index contributed by atoms with van der Waals surface area (Å²) in [7, 11) is -0.568. The van der Waals surface area contributed by atoms with Crippen LogP contribution in [0, 0.1) is 6.92 Å². The molecule has 1 aliphatic heterocycles. The van der Waals surface area contributed by atoms with Gasteiger partial charge in [-0.25, -0.2) is 17.4 Å². The Morgan fingerprint density at radius 1 is 0.918 bits per heavy atom. The molecule has 1 amide bonds. The summed E-state index contributed by atoms with van der Waals surface area (Å²) in [6.45, 7) is 6.47. The molecule has 0 unspecified atom stereocenters. The first-order chi connectivity index (χ1) is 23.5. The molecule has 0 N–H and O–H groups in total. The van der Waals surface area contributed by atoms with Crippen molar-refractivity contribution in [2.45, 2.75) is 24.8 Å². The zero-order valence-corrected chi connectivity index (χ0v) is 28.5. The van der Waals surface area contributed by atoms with Gasteiger partial charge in [0.05, 0.1) is 34.0 Å². The highest BCUT2D eigenvalue weighted by Gasteiger charge is 2.29. The molecular weight excluding hydrogens is 641 g/mol. The van der Waals surface area contributed by atoms with Gasteiger partial charge in [0, 0.05) is 68.0 Å². The lowest BCUT2D eigenvalue weighted by atomic mass is 10.0. The van der Waals surface area contributed by atoms with Gasteiger partial charge in [0.25, 0.3) is 15.6 Å². The van der Waals surface area contributed by atoms with Gasteiger partial charge in [0.1, 0.15) is 17.9 Å². The summed E-state index contributed by atoms with van der Waals surface area (Å²) >= 11 is 0. The normalized spacial score (nSPS) is 15.7. The highest BCUT2D eigenvalue weighted by atomic mass is 32.2. The third kappa shape index (κ3) is 5.98. The highest BCUT2D eigenvalue weighted by molar-refractivity contribution is 7.90. The predicted molar refractivity (Wildman–Crippen MR) is 189 cm³/mol. The molecule has 0 radical (unpaired) electrons. The highest BCUT2D eigenvalue weighted by Crippen LogP contribution is 2.31. The zero-order chi connectivity index (χ0) is 34.4. The first-order valence-corrected chi connectivity index (χ1v) is 17.5. The van der Waals surface area contributed by atoms with E-state index in [0.717, 1.165) is 44.8 Å². The van der Waals surface area contributed by atoms with Crippen molar-refractivity contribution in [3.63, 3.8) is 0 Å². The average molecular weight is 677 g/mol. The summed E-state index contributed by atoms with van der Waals surface area (Å²) in [6, 6.07) is 21.6. The SMILES string of the molecule is Cc1ccc(S(=O)(=O)n2ccc3c(-c4ccc5cc(-c6ccc(OCCN7CCN(C)C(=O)[C@H]7C)cn6)ccc5n4)cn(C)c(=O)c32)cc1. The molecule has 1 aliphatic rings. The Balaban J connectivity index is 1.12. The Morgan fingerprint density at radius 2 is 1.69 bits per heavy atom. The van der Waals surface area contributed by atoms with Gasteiger partial charge < -0.3 is 14.2 Å². The minimum absolute atomic E-state index is 0.0697. The Bertz CT molecular complexity index is 2380. The van der Waals surface area contributed by atoms with Crippen LogP contribution >= 0.6 is 0 Å². The molecule has 0 spiro atoms. The van der Waals surface area contributed by atoms with E-state index < -0.39 is 15.6 Å². The minimum atomic E-state index is -4.01. The molecule has 4 aromatic heterocycles. The topological polar surface area (TPSA) is 120 Å². The van der Waals surface area contributed by atoms with E-state index in [9.17, 15) is 18.0 Å². The minimum Gasteiger partial charge on any atom is -0.491 e. The van der Waals surface area contributed by atoms with Gasteiger partial charge in [-0.05, 0) is 62.4 Å². The van der Waals surface area contributed by atoms with Gasteiger partial charge in [-0.15, -0.1) is 0 Å². The molecule has 11 nitrogen and oxygen atoms in total. The summed E-state index contributed by atoms with van der Waals surface area (Å²) in [4.78, 5) is 39.1. The maximum absolute atomic E-state index is 13.6. The van der Waals surface area contributed by atoms with Crippen LogP contribution in [0.25, 0.3) is 44.3 Å². The number of carbonyl (C=O) groups excluding carboxylic acids is 1. The van der Waals surface area contributed by atoms with Gasteiger partial charge in [-0.2, -0.15) is 0 Å². The van der Waals surface area contributed by atoms with E-state index in [2.05, 4.69) is 9.88 Å². The monoisotopic (exact) mass is 676 g/mol. The van der Waals surface area contributed by atoms with Gasteiger partial charge in [-0.1, -0.05) is 29.8 Å². The summed E-state index contributed by atoms with van der Waals surface area (Å²) in [5.41, 5.74) is 4.29. The molecule has 0 saturated carbocycles. The number of hydrogen-bond acceptors (Lipinski definition) is 8. The van der Waals surface area contributed by atoms with Crippen molar-refractivity contribution in [1.82, 2.24) is 28.3 Å². The molecule has 1 fully saturated rings. The van der Waals surface area contributed by atoms with Crippen molar-refractivity contribution in [3.05, 3.63) is 107 Å². The van der Waals surface area contributed by atoms with Crippen LogP contribution in [0.3, 0.4) is 0 Å². The van der Waals surface area contributed by atoms with Gasteiger partial charge in [0.2, 0.25) is 5.91 Å². The number of amides is 1. The lowest BCUT2D eigenvalue weighted by Crippen LogP contribution is -2.55. The Hall–Kier alpha value is -5.33. The van der Waals surface area contributed by atoms with Crippen LogP contribution in [0.2, 0.25) is 0 Å². The lowest BCUT2D eigenvalue weighted by molar-refractivity contribution is -0.139. The van der Waals surface area contributed by atoms with Crippen molar-refractivity contribution in [3.8, 4) is 28.3 Å². The van der Waals surface area contributed by atoms with Gasteiger partial charge >= 0.3 is 0 Å². The van der Waals surface area contributed by atoms with Crippen LogP contribution in [0.4, 0.5) is 0 Å². The number of carbonyl (C=O) groups is 1. The van der Waals surface area contributed by atoms with E-state index in [0.29, 0.717) is 35.5 Å². The first-order valence-electron chi connectivity index (χ1n) is 16.0. The fraction of sp³-hybridized carbons (Fsp3) is 0.243. The second-order valence-electron chi connectivity index (χ2n) is 12.5. The van der Waals surface area contributed by atoms with Crippen molar-refractivity contribution in [2.75, 3.05) is 33.3 Å². The van der Waals surface area contributed by atoms with Crippen LogP contribution in [0.15, 0.2) is 101 Å². The van der Waals surface area contributed by atoms with Crippen LogP contribution < -0.4 is 10.3 Å². The van der Waals surface area contributed by atoms with Crippen molar-refractivity contribution in [1.29, 1.82) is 0 Å². The molecule has 0 aliphatic carbocycles. The van der Waals surface area contributed by atoms with Crippen LogP contribution in [0.5, 0.6) is 5.75 Å². The third-order valence-electron chi connectivity index (χ3n) is 9.21. The molecule has 7 rings (SSSR count). The fourth-order valence-corrected chi connectivity index (χ4v) is 7.62. The van der Waals surface area contributed by atoms with Crippen molar-refractivity contribution < 1.29 is 17.9 Å². The molecule has 12 heteroatoms. The quantitative estimate of drug-likeness (QED) is 0.228. The summed E-state index contributed by atoms with van der Waals surface area (Å²) in [5.74, 6) is 0.790. The van der Waals surface area contributed by atoms with E-state index in [1.165, 1.54) is 10.8 Å². The second-order valence-corrected chi connectivity index (χ2v) is 14.3. The fourth-order valence-electron chi connectivity index (χ4n) is 6.27.